The fourth-order valence-electron chi connectivity index (χ4n) is 3.05. The second-order valence-corrected chi connectivity index (χ2v) is 9.14. The molecular weight excluding hydrogens is 382 g/mol. The van der Waals surface area contributed by atoms with Crippen LogP contribution in [0.5, 0.6) is 0 Å². The highest BCUT2D eigenvalue weighted by atomic mass is 32.2. The van der Waals surface area contributed by atoms with Crippen LogP contribution in [0.25, 0.3) is 11.1 Å². The highest BCUT2D eigenvalue weighted by Crippen LogP contribution is 2.36. The summed E-state index contributed by atoms with van der Waals surface area (Å²) in [6.45, 7) is 2.29. The number of benzene rings is 2. The second-order valence-electron chi connectivity index (χ2n) is 7.13. The van der Waals surface area contributed by atoms with Crippen LogP contribution in [0, 0.1) is 12.8 Å². The van der Waals surface area contributed by atoms with Crippen molar-refractivity contribution in [2.75, 3.05) is 18.1 Å². The van der Waals surface area contributed by atoms with Crippen LogP contribution in [0.1, 0.15) is 39.1 Å². The molecule has 28 heavy (non-hydrogen) atoms. The minimum absolute atomic E-state index is 0.0655. The molecule has 3 N–H and O–H groups in total. The maximum Gasteiger partial charge on any atom is 0.336 e. The Hall–Kier alpha value is -2.87. The summed E-state index contributed by atoms with van der Waals surface area (Å²) >= 11 is 0. The molecule has 0 saturated heterocycles. The normalized spacial score (nSPS) is 13.9. The van der Waals surface area contributed by atoms with Crippen LogP contribution >= 0.6 is 0 Å². The van der Waals surface area contributed by atoms with Gasteiger partial charge in [-0.3, -0.25) is 0 Å². The molecule has 2 aromatic rings. The van der Waals surface area contributed by atoms with Gasteiger partial charge in [0, 0.05) is 24.1 Å². The van der Waals surface area contributed by atoms with Crippen molar-refractivity contribution in [3.8, 4) is 11.1 Å². The summed E-state index contributed by atoms with van der Waals surface area (Å²) in [5, 5.41) is 22.2. The van der Waals surface area contributed by atoms with Crippen LogP contribution in [0.3, 0.4) is 0 Å². The zero-order valence-corrected chi connectivity index (χ0v) is 16.3. The largest absolute Gasteiger partial charge is 0.478 e. The molecule has 0 aromatic heterocycles. The van der Waals surface area contributed by atoms with Crippen LogP contribution in [0.2, 0.25) is 0 Å². The highest BCUT2D eigenvalue weighted by Gasteiger charge is 2.24. The number of aryl methyl sites for hydroxylation is 1. The van der Waals surface area contributed by atoms with E-state index in [0.717, 1.165) is 25.2 Å². The van der Waals surface area contributed by atoms with E-state index >= 15 is 0 Å². The van der Waals surface area contributed by atoms with Crippen LogP contribution in [-0.2, 0) is 9.84 Å². The van der Waals surface area contributed by atoms with Gasteiger partial charge in [0.1, 0.15) is 0 Å². The van der Waals surface area contributed by atoms with Crippen molar-refractivity contribution in [3.63, 3.8) is 0 Å². The van der Waals surface area contributed by atoms with Crippen LogP contribution in [0.4, 0.5) is 5.69 Å². The summed E-state index contributed by atoms with van der Waals surface area (Å²) in [6, 6.07) is 7.14. The Labute approximate surface area is 162 Å². The molecule has 1 aliphatic carbocycles. The number of carbonyl (C=O) groups is 2. The van der Waals surface area contributed by atoms with Gasteiger partial charge in [0.05, 0.1) is 16.0 Å². The van der Waals surface area contributed by atoms with Gasteiger partial charge in [-0.2, -0.15) is 0 Å². The van der Waals surface area contributed by atoms with E-state index in [4.69, 9.17) is 0 Å². The number of anilines is 1. The van der Waals surface area contributed by atoms with Gasteiger partial charge in [0.25, 0.3) is 0 Å². The summed E-state index contributed by atoms with van der Waals surface area (Å²) in [7, 11) is -3.50. The van der Waals surface area contributed by atoms with Gasteiger partial charge < -0.3 is 15.5 Å². The Balaban J connectivity index is 2.23. The zero-order chi connectivity index (χ0) is 20.6. The molecule has 0 atom stereocenters. The van der Waals surface area contributed by atoms with Gasteiger partial charge >= 0.3 is 11.9 Å². The summed E-state index contributed by atoms with van der Waals surface area (Å²) < 4.78 is 24.0. The van der Waals surface area contributed by atoms with Crippen LogP contribution in [0.15, 0.2) is 35.2 Å². The Morgan fingerprint density at radius 2 is 1.68 bits per heavy atom. The Morgan fingerprint density at radius 1 is 1.04 bits per heavy atom. The molecule has 148 valence electrons. The average Bonchev–Trinajstić information content (AvgIpc) is 3.42. The van der Waals surface area contributed by atoms with Crippen molar-refractivity contribution in [2.45, 2.75) is 24.7 Å². The zero-order valence-electron chi connectivity index (χ0n) is 15.5. The fourth-order valence-corrected chi connectivity index (χ4v) is 3.69. The average molecular weight is 403 g/mol. The second kappa shape index (κ2) is 7.27. The van der Waals surface area contributed by atoms with Gasteiger partial charge in [0.2, 0.25) is 0 Å². The Morgan fingerprint density at radius 3 is 2.21 bits per heavy atom. The lowest BCUT2D eigenvalue weighted by Gasteiger charge is -2.17. The molecule has 0 bridgehead atoms. The summed E-state index contributed by atoms with van der Waals surface area (Å²) in [4.78, 5) is 23.3. The first-order valence-electron chi connectivity index (χ1n) is 8.77. The summed E-state index contributed by atoms with van der Waals surface area (Å²) in [5.41, 5.74) is 1.41. The van der Waals surface area contributed by atoms with Crippen molar-refractivity contribution in [1.82, 2.24) is 0 Å². The van der Waals surface area contributed by atoms with E-state index in [2.05, 4.69) is 5.32 Å². The number of hydrogen-bond acceptors (Lipinski definition) is 5. The topological polar surface area (TPSA) is 121 Å². The van der Waals surface area contributed by atoms with Crippen molar-refractivity contribution in [2.24, 2.45) is 5.92 Å². The van der Waals surface area contributed by atoms with E-state index in [1.807, 2.05) is 0 Å². The number of hydrogen-bond donors (Lipinski definition) is 3. The smallest absolute Gasteiger partial charge is 0.336 e. The van der Waals surface area contributed by atoms with Crippen LogP contribution < -0.4 is 5.32 Å². The predicted molar refractivity (Wildman–Crippen MR) is 105 cm³/mol. The third kappa shape index (κ3) is 4.17. The highest BCUT2D eigenvalue weighted by molar-refractivity contribution is 7.90. The molecule has 1 fully saturated rings. The fraction of sp³-hybridized carbons (Fsp3) is 0.300. The monoisotopic (exact) mass is 403 g/mol. The standard InChI is InChI=1S/C20H21NO6S/c1-11-7-15(17(20(24)25)9-14(11)19(22)23)16-8-13(28(2,26)27)5-6-18(16)21-10-12-3-4-12/h5-9,12,21H,3-4,10H2,1-2H3,(H,22,23)(H,24,25). The van der Waals surface area contributed by atoms with E-state index in [9.17, 15) is 28.2 Å². The van der Waals surface area contributed by atoms with E-state index in [-0.39, 0.29) is 21.6 Å². The predicted octanol–water partition coefficient (Wildman–Crippen LogP) is 3.28. The number of aromatic carboxylic acids is 2. The van der Waals surface area contributed by atoms with Crippen molar-refractivity contribution in [1.29, 1.82) is 0 Å². The lowest BCUT2D eigenvalue weighted by Crippen LogP contribution is -2.10. The minimum Gasteiger partial charge on any atom is -0.478 e. The van der Waals surface area contributed by atoms with Gasteiger partial charge in [-0.25, -0.2) is 18.0 Å². The molecule has 0 spiro atoms. The molecule has 0 heterocycles. The third-order valence-electron chi connectivity index (χ3n) is 4.81. The quantitative estimate of drug-likeness (QED) is 0.649. The number of nitrogens with one attached hydrogen (secondary N) is 1. The van der Waals surface area contributed by atoms with Gasteiger partial charge in [-0.1, -0.05) is 0 Å². The minimum atomic E-state index is -3.50. The molecule has 2 aromatic carbocycles. The summed E-state index contributed by atoms with van der Waals surface area (Å²) in [5.74, 6) is -1.95. The van der Waals surface area contributed by atoms with Crippen molar-refractivity contribution >= 4 is 27.5 Å². The van der Waals surface area contributed by atoms with Crippen LogP contribution in [-0.4, -0.2) is 43.4 Å². The molecule has 0 unspecified atom stereocenters. The molecule has 1 saturated carbocycles. The third-order valence-corrected chi connectivity index (χ3v) is 5.92. The maximum absolute atomic E-state index is 12.0. The first-order valence-corrected chi connectivity index (χ1v) is 10.7. The van der Waals surface area contributed by atoms with Gasteiger partial charge in [0.15, 0.2) is 9.84 Å². The molecule has 0 radical (unpaired) electrons. The molecule has 1 aliphatic rings. The van der Waals surface area contributed by atoms with Crippen molar-refractivity contribution < 1.29 is 28.2 Å². The van der Waals surface area contributed by atoms with E-state index < -0.39 is 21.8 Å². The lowest BCUT2D eigenvalue weighted by molar-refractivity contribution is 0.0695. The molecule has 0 amide bonds. The first-order chi connectivity index (χ1) is 13.1. The SMILES string of the molecule is Cc1cc(-c2cc(S(C)(=O)=O)ccc2NCC2CC2)c(C(=O)O)cc1C(=O)O. The number of rotatable bonds is 7. The van der Waals surface area contributed by atoms with E-state index in [1.54, 1.807) is 13.0 Å². The Bertz CT molecular complexity index is 1070. The lowest BCUT2D eigenvalue weighted by atomic mass is 9.93. The molecule has 3 rings (SSSR count). The molecule has 0 aliphatic heterocycles. The first kappa shape index (κ1) is 19.9. The van der Waals surface area contributed by atoms with E-state index in [1.165, 1.54) is 18.2 Å². The molecule has 8 heteroatoms. The number of carboxylic acid groups (broad SMARTS) is 2. The van der Waals surface area contributed by atoms with Gasteiger partial charge in [-0.05, 0) is 67.1 Å². The van der Waals surface area contributed by atoms with Gasteiger partial charge in [-0.15, -0.1) is 0 Å². The van der Waals surface area contributed by atoms with Crippen molar-refractivity contribution in [3.05, 3.63) is 47.0 Å². The number of sulfone groups is 1. The number of carboxylic acids is 2. The summed E-state index contributed by atoms with van der Waals surface area (Å²) in [6.07, 6.45) is 3.33. The van der Waals surface area contributed by atoms with E-state index in [0.29, 0.717) is 29.3 Å². The molecule has 7 nitrogen and oxygen atoms in total. The maximum atomic E-state index is 12.0. The molecular formula is C20H21NO6S. The Kier molecular flexibility index (Phi) is 5.16.